The molecule has 0 radical (unpaired) electrons. The number of carbonyl (C=O) groups is 3. The lowest BCUT2D eigenvalue weighted by atomic mass is 9.85. The largest absolute Gasteiger partial charge is 0.494 e. The molecule has 2 aliphatic carbocycles. The lowest BCUT2D eigenvalue weighted by Crippen LogP contribution is -2.58. The number of sulfonamides is 1. The van der Waals surface area contributed by atoms with Crippen molar-refractivity contribution in [3.05, 3.63) is 71.7 Å². The number of rotatable bonds is 14. The van der Waals surface area contributed by atoms with E-state index in [9.17, 15) is 31.2 Å². The van der Waals surface area contributed by atoms with E-state index in [1.54, 1.807) is 35.7 Å². The summed E-state index contributed by atoms with van der Waals surface area (Å²) in [6, 6.07) is 9.44. The Morgan fingerprint density at radius 2 is 1.75 bits per heavy atom. The lowest BCUT2D eigenvalue weighted by molar-refractivity contribution is -0.141. The minimum Gasteiger partial charge on any atom is -0.494 e. The molecule has 1 aliphatic heterocycles. The van der Waals surface area contributed by atoms with Gasteiger partial charge in [0, 0.05) is 45.3 Å². The van der Waals surface area contributed by atoms with Crippen LogP contribution in [0.1, 0.15) is 46.5 Å². The van der Waals surface area contributed by atoms with E-state index >= 15 is 0 Å². The maximum Gasteiger partial charge on any atom is 0.259 e. The zero-order valence-electron chi connectivity index (χ0n) is 33.8. The molecule has 3 aliphatic rings. The first-order chi connectivity index (χ1) is 27.7. The Hall–Kier alpha value is -4.20. The van der Waals surface area contributed by atoms with Crippen molar-refractivity contribution < 1.29 is 40.7 Å². The van der Waals surface area contributed by atoms with Gasteiger partial charge in [0.25, 0.3) is 5.91 Å². The molecule has 15 nitrogen and oxygen atoms in total. The number of amides is 3. The van der Waals surface area contributed by atoms with E-state index in [1.165, 1.54) is 47.8 Å². The topological polar surface area (TPSA) is 203 Å². The predicted molar refractivity (Wildman–Crippen MR) is 239 cm³/mol. The first-order valence-corrected chi connectivity index (χ1v) is 23.6. The molecule has 2 saturated carbocycles. The highest BCUT2D eigenvalue weighted by molar-refractivity contribution is 7.91. The van der Waals surface area contributed by atoms with Crippen LogP contribution in [-0.2, 0) is 34.2 Å². The summed E-state index contributed by atoms with van der Waals surface area (Å²) < 4.78 is 63.7. The third kappa shape index (κ3) is 10.0. The fourth-order valence-electron chi connectivity index (χ4n) is 7.26. The molecule has 7 rings (SSSR count). The fraction of sp³-hybridized carbons (Fsp3) is 0.425. The van der Waals surface area contributed by atoms with E-state index in [1.807, 2.05) is 20.8 Å². The number of hydrogen-bond acceptors (Lipinski definition) is 13. The van der Waals surface area contributed by atoms with Gasteiger partial charge in [-0.15, -0.1) is 42.7 Å². The van der Waals surface area contributed by atoms with Crippen molar-refractivity contribution >= 4 is 101 Å². The highest BCUT2D eigenvalue weighted by Gasteiger charge is 2.62. The molecular weight excluding hydrogens is 911 g/mol. The number of hydrogen-bond donors (Lipinski definition) is 3. The van der Waals surface area contributed by atoms with Crippen molar-refractivity contribution in [2.24, 2.45) is 11.3 Å². The van der Waals surface area contributed by atoms with Crippen LogP contribution in [0.2, 0.25) is 5.02 Å². The maximum absolute atomic E-state index is 14.9. The van der Waals surface area contributed by atoms with E-state index in [-0.39, 0.29) is 55.0 Å². The molecule has 0 unspecified atom stereocenters. The Bertz CT molecular complexity index is 2570. The summed E-state index contributed by atoms with van der Waals surface area (Å²) in [5.74, 6) is -1.79. The maximum atomic E-state index is 14.9. The molecule has 4 aromatic rings. The first kappa shape index (κ1) is 47.8. The molecule has 3 N–H and O–H groups in total. The Morgan fingerprint density at radius 1 is 1.07 bits per heavy atom. The number of nitrogens with one attached hydrogen (secondary N) is 3. The molecule has 1 saturated heterocycles. The molecule has 2 aromatic heterocycles. The summed E-state index contributed by atoms with van der Waals surface area (Å²) in [4.78, 5) is 53.7. The number of anilines is 1. The summed E-state index contributed by atoms with van der Waals surface area (Å²) in [7, 11) is -5.79. The van der Waals surface area contributed by atoms with E-state index in [0.717, 1.165) is 6.26 Å². The lowest BCUT2D eigenvalue weighted by Gasteiger charge is -2.35. The average Bonchev–Trinajstić information content (AvgIpc) is 4.07. The van der Waals surface area contributed by atoms with Crippen molar-refractivity contribution in [3.63, 3.8) is 0 Å². The molecule has 330 valence electrons. The quantitative estimate of drug-likeness (QED) is 0.128. The zero-order valence-corrected chi connectivity index (χ0v) is 38.7. The van der Waals surface area contributed by atoms with Crippen LogP contribution in [0.15, 0.2) is 71.6 Å². The number of nitrogens with zero attached hydrogens (tertiary/aromatic N) is 3. The summed E-state index contributed by atoms with van der Waals surface area (Å²) in [5.41, 5.74) is -1.05. The van der Waals surface area contributed by atoms with Crippen LogP contribution in [0.4, 0.5) is 5.13 Å². The van der Waals surface area contributed by atoms with Gasteiger partial charge in [-0.3, -0.25) is 19.1 Å². The van der Waals surface area contributed by atoms with Crippen molar-refractivity contribution in [2.45, 2.75) is 80.3 Å². The molecule has 61 heavy (non-hydrogen) atoms. The minimum atomic E-state index is -3.92. The second kappa shape index (κ2) is 17.9. The highest BCUT2D eigenvalue weighted by atomic mass is 35.5. The SMILES string of the molecule is C=C[C@@H]1C[C@]1(NC(=O)[C@@H]1C[C@@H](Oc2ncc(OC)c3ccc(Cl)cc23)CN1C(=O)[C@@H](Nc1nc(-c2ccc(S(C)(=O)=O)cc2)cs1)C(C)(C)C)C(=O)NS(=O)(=O)C1CC1.Cl.Cl. The Morgan fingerprint density at radius 3 is 2.34 bits per heavy atom. The number of halogens is 3. The highest BCUT2D eigenvalue weighted by Crippen LogP contribution is 2.46. The van der Waals surface area contributed by atoms with Crippen molar-refractivity contribution in [1.29, 1.82) is 0 Å². The number of carbonyl (C=O) groups excluding carboxylic acids is 3. The second-order valence-electron chi connectivity index (χ2n) is 16.3. The fourth-order valence-corrected chi connectivity index (χ4v) is 10.2. The van der Waals surface area contributed by atoms with Crippen LogP contribution in [0.3, 0.4) is 0 Å². The van der Waals surface area contributed by atoms with Gasteiger partial charge < -0.3 is 25.0 Å². The van der Waals surface area contributed by atoms with Gasteiger partial charge in [0.15, 0.2) is 15.0 Å². The van der Waals surface area contributed by atoms with Crippen molar-refractivity contribution in [2.75, 3.05) is 25.2 Å². The Balaban J connectivity index is 0.00000352. The van der Waals surface area contributed by atoms with Gasteiger partial charge in [-0.05, 0) is 55.0 Å². The van der Waals surface area contributed by atoms with Gasteiger partial charge in [-0.1, -0.05) is 50.6 Å². The number of aromatic nitrogens is 2. The zero-order chi connectivity index (χ0) is 42.7. The Labute approximate surface area is 376 Å². The summed E-state index contributed by atoms with van der Waals surface area (Å²) in [5, 5.41) is 9.33. The van der Waals surface area contributed by atoms with Crippen molar-refractivity contribution in [3.8, 4) is 22.9 Å². The molecule has 5 atom stereocenters. The number of pyridine rings is 1. The Kier molecular flexibility index (Phi) is 14.0. The number of likely N-dealkylation sites (tertiary alicyclic amines) is 1. The van der Waals surface area contributed by atoms with Gasteiger partial charge in [0.2, 0.25) is 27.7 Å². The van der Waals surface area contributed by atoms with Crippen LogP contribution < -0.4 is 24.8 Å². The van der Waals surface area contributed by atoms with Crippen LogP contribution in [0.25, 0.3) is 22.0 Å². The summed E-state index contributed by atoms with van der Waals surface area (Å²) >= 11 is 7.63. The number of sulfone groups is 1. The number of benzene rings is 2. The van der Waals surface area contributed by atoms with Gasteiger partial charge >= 0.3 is 0 Å². The smallest absolute Gasteiger partial charge is 0.259 e. The number of ether oxygens (including phenoxy) is 2. The van der Waals surface area contributed by atoms with Gasteiger partial charge in [0.1, 0.15) is 29.5 Å². The molecule has 3 amide bonds. The standard InChI is InChI=1S/C40H45ClN6O9S3.2ClH/c1-7-23-18-40(23,37(50)46-59(53,54)27-13-14-27)45-34(48)31-17-25(56-35-29-16-24(41)10-15-28(29)32(55-5)19-42-35)20-47(31)36(49)33(39(2,3)4)44-38-43-30(21-57-38)22-8-11-26(12-9-22)58(6,51)52;;/h7-12,15-16,19,21,23,25,27,31,33H,1,13-14,17-18,20H2,2-6H3,(H,43,44)(H,45,48)(H,46,50);2*1H/t23-,25-,31+,33-,40-;;/m1../s1. The normalized spacial score (nSPS) is 21.6. The van der Waals surface area contributed by atoms with Gasteiger partial charge in [0.05, 0.1) is 35.7 Å². The third-order valence-corrected chi connectivity index (χ3v) is 14.8. The molecule has 21 heteroatoms. The van der Waals surface area contributed by atoms with E-state index < -0.39 is 77.9 Å². The van der Waals surface area contributed by atoms with Gasteiger partial charge in [-0.25, -0.2) is 26.8 Å². The second-order valence-corrected chi connectivity index (χ2v) is 21.5. The van der Waals surface area contributed by atoms with E-state index in [0.29, 0.717) is 50.8 Å². The van der Waals surface area contributed by atoms with Crippen LogP contribution in [0.5, 0.6) is 11.6 Å². The van der Waals surface area contributed by atoms with Gasteiger partial charge in [-0.2, -0.15) is 0 Å². The number of fused-ring (bicyclic) bond motifs is 1. The van der Waals surface area contributed by atoms with E-state index in [4.69, 9.17) is 26.1 Å². The van der Waals surface area contributed by atoms with Crippen LogP contribution >= 0.6 is 47.8 Å². The molecule has 2 aromatic carbocycles. The van der Waals surface area contributed by atoms with Crippen LogP contribution in [0, 0.1) is 11.3 Å². The molecular formula is C40H47Cl3N6O9S3. The third-order valence-electron chi connectivity index (χ3n) is 10.8. The van der Waals surface area contributed by atoms with E-state index in [2.05, 4.69) is 26.9 Å². The first-order valence-electron chi connectivity index (χ1n) is 18.9. The molecule has 0 spiro atoms. The molecule has 0 bridgehead atoms. The van der Waals surface area contributed by atoms with Crippen LogP contribution in [-0.4, -0.2) is 98.3 Å². The monoisotopic (exact) mass is 956 g/mol. The molecule has 3 fully saturated rings. The average molecular weight is 958 g/mol. The molecule has 3 heterocycles. The minimum absolute atomic E-state index is 0. The predicted octanol–water partition coefficient (Wildman–Crippen LogP) is 5.81. The van der Waals surface area contributed by atoms with Crippen molar-refractivity contribution in [1.82, 2.24) is 24.9 Å². The number of thiazole rings is 1. The summed E-state index contributed by atoms with van der Waals surface area (Å²) in [6.45, 7) is 9.36. The number of methoxy groups -OCH3 is 1. The summed E-state index contributed by atoms with van der Waals surface area (Å²) in [6.07, 6.45) is 4.42.